The molecular formula is C27H34F2N2O3. The van der Waals surface area contributed by atoms with Gasteiger partial charge < -0.3 is 14.4 Å². The molecule has 2 fully saturated rings. The van der Waals surface area contributed by atoms with Crippen LogP contribution in [0.5, 0.6) is 5.75 Å². The van der Waals surface area contributed by atoms with Crippen LogP contribution >= 0.6 is 0 Å². The number of hydrogen-bond acceptors (Lipinski definition) is 5. The van der Waals surface area contributed by atoms with Gasteiger partial charge in [-0.05, 0) is 50.1 Å². The Balaban J connectivity index is 1.33. The van der Waals surface area contributed by atoms with Crippen molar-refractivity contribution in [3.05, 3.63) is 65.7 Å². The molecule has 5 nitrogen and oxygen atoms in total. The van der Waals surface area contributed by atoms with E-state index in [2.05, 4.69) is 0 Å². The zero-order valence-electron chi connectivity index (χ0n) is 20.2. The highest BCUT2D eigenvalue weighted by Crippen LogP contribution is 2.43. The lowest BCUT2D eigenvalue weighted by Gasteiger charge is -2.41. The van der Waals surface area contributed by atoms with E-state index in [0.717, 1.165) is 16.9 Å². The van der Waals surface area contributed by atoms with Gasteiger partial charge in [-0.1, -0.05) is 42.5 Å². The Labute approximate surface area is 200 Å². The van der Waals surface area contributed by atoms with Gasteiger partial charge in [-0.3, -0.25) is 9.69 Å². The fourth-order valence-corrected chi connectivity index (χ4v) is 5.19. The van der Waals surface area contributed by atoms with E-state index in [0.29, 0.717) is 26.1 Å². The quantitative estimate of drug-likeness (QED) is 0.525. The van der Waals surface area contributed by atoms with Gasteiger partial charge in [0.15, 0.2) is 0 Å². The highest BCUT2D eigenvalue weighted by Gasteiger charge is 2.56. The Hall–Kier alpha value is -2.51. The van der Waals surface area contributed by atoms with Crippen LogP contribution in [0.25, 0.3) is 0 Å². The van der Waals surface area contributed by atoms with E-state index in [4.69, 9.17) is 9.47 Å². The summed E-state index contributed by atoms with van der Waals surface area (Å²) in [5.74, 6) is -3.05. The summed E-state index contributed by atoms with van der Waals surface area (Å²) in [6.07, 6.45) is 0.671. The van der Waals surface area contributed by atoms with E-state index in [-0.39, 0.29) is 31.7 Å². The predicted molar refractivity (Wildman–Crippen MR) is 127 cm³/mol. The van der Waals surface area contributed by atoms with Crippen molar-refractivity contribution in [2.45, 2.75) is 45.4 Å². The van der Waals surface area contributed by atoms with E-state index in [1.807, 2.05) is 78.2 Å². The van der Waals surface area contributed by atoms with Crippen molar-refractivity contribution in [1.82, 2.24) is 9.80 Å². The first-order chi connectivity index (χ1) is 16.2. The standard InChI is InChI=1S/C27H34F2N2O3/c1-26(2,25(32)34-17-21-9-11-22(33-3)12-10-21)18-30-14-13-24-23(16-30)27(28,29)19-31(24)15-20-7-5-4-6-8-20/h4-12,23-24H,13-19H2,1-3H3/t23-,24+/m1/s1. The van der Waals surface area contributed by atoms with Crippen molar-refractivity contribution < 1.29 is 23.0 Å². The average molecular weight is 473 g/mol. The van der Waals surface area contributed by atoms with Gasteiger partial charge in [-0.2, -0.15) is 0 Å². The number of nitrogens with zero attached hydrogens (tertiary/aromatic N) is 2. The molecule has 4 rings (SSSR count). The molecule has 2 aliphatic rings. The fourth-order valence-electron chi connectivity index (χ4n) is 5.19. The Kier molecular flexibility index (Phi) is 7.24. The van der Waals surface area contributed by atoms with Gasteiger partial charge in [0, 0.05) is 25.7 Å². The summed E-state index contributed by atoms with van der Waals surface area (Å²) in [5, 5.41) is 0. The second-order valence-corrected chi connectivity index (χ2v) is 10.2. The van der Waals surface area contributed by atoms with Gasteiger partial charge in [0.1, 0.15) is 12.4 Å². The summed E-state index contributed by atoms with van der Waals surface area (Å²) < 4.78 is 40.7. The number of carbonyl (C=O) groups excluding carboxylic acids is 1. The molecule has 0 radical (unpaired) electrons. The summed E-state index contributed by atoms with van der Waals surface area (Å²) in [6, 6.07) is 17.0. The van der Waals surface area contributed by atoms with E-state index in [1.54, 1.807) is 7.11 Å². The highest BCUT2D eigenvalue weighted by molar-refractivity contribution is 5.76. The number of piperidine rings is 1. The molecule has 2 heterocycles. The Bertz CT molecular complexity index is 966. The molecule has 2 saturated heterocycles. The number of fused-ring (bicyclic) bond motifs is 1. The van der Waals surface area contributed by atoms with Crippen LogP contribution in [-0.4, -0.2) is 61.0 Å². The number of likely N-dealkylation sites (tertiary alicyclic amines) is 2. The monoisotopic (exact) mass is 472 g/mol. The van der Waals surface area contributed by atoms with Crippen LogP contribution < -0.4 is 4.74 Å². The Morgan fingerprint density at radius 1 is 1.09 bits per heavy atom. The number of methoxy groups -OCH3 is 1. The zero-order valence-corrected chi connectivity index (χ0v) is 20.2. The molecule has 2 aromatic carbocycles. The van der Waals surface area contributed by atoms with Crippen LogP contribution in [0.1, 0.15) is 31.4 Å². The van der Waals surface area contributed by atoms with Crippen LogP contribution in [0.15, 0.2) is 54.6 Å². The lowest BCUT2D eigenvalue weighted by Crippen LogP contribution is -2.51. The minimum Gasteiger partial charge on any atom is -0.497 e. The maximum Gasteiger partial charge on any atom is 0.313 e. The fraction of sp³-hybridized carbons (Fsp3) is 0.519. The summed E-state index contributed by atoms with van der Waals surface area (Å²) >= 11 is 0. The van der Waals surface area contributed by atoms with Gasteiger partial charge >= 0.3 is 5.97 Å². The number of hydrogen-bond donors (Lipinski definition) is 0. The van der Waals surface area contributed by atoms with Crippen molar-refractivity contribution in [2.24, 2.45) is 11.3 Å². The van der Waals surface area contributed by atoms with Gasteiger partial charge in [-0.15, -0.1) is 0 Å². The normalized spacial score (nSPS) is 22.9. The maximum atomic E-state index is 15.0. The maximum absolute atomic E-state index is 15.0. The largest absolute Gasteiger partial charge is 0.497 e. The van der Waals surface area contributed by atoms with E-state index in [9.17, 15) is 13.6 Å². The number of esters is 1. The second kappa shape index (κ2) is 10.0. The molecule has 7 heteroatoms. The third-order valence-corrected chi connectivity index (χ3v) is 7.01. The molecule has 0 N–H and O–H groups in total. The highest BCUT2D eigenvalue weighted by atomic mass is 19.3. The second-order valence-electron chi connectivity index (χ2n) is 10.2. The molecule has 0 saturated carbocycles. The summed E-state index contributed by atoms with van der Waals surface area (Å²) in [6.45, 7) is 5.53. The Morgan fingerprint density at radius 3 is 2.47 bits per heavy atom. The number of rotatable bonds is 8. The van der Waals surface area contributed by atoms with Crippen LogP contribution in [0.2, 0.25) is 0 Å². The van der Waals surface area contributed by atoms with E-state index >= 15 is 0 Å². The number of alkyl halides is 2. The third kappa shape index (κ3) is 5.58. The van der Waals surface area contributed by atoms with Gasteiger partial charge in [0.25, 0.3) is 5.92 Å². The minimum atomic E-state index is -2.74. The van der Waals surface area contributed by atoms with Crippen molar-refractivity contribution >= 4 is 5.97 Å². The van der Waals surface area contributed by atoms with Gasteiger partial charge in [0.2, 0.25) is 0 Å². The zero-order chi connectivity index (χ0) is 24.3. The van der Waals surface area contributed by atoms with Crippen molar-refractivity contribution in [2.75, 3.05) is 33.3 Å². The van der Waals surface area contributed by atoms with Crippen molar-refractivity contribution in [3.8, 4) is 5.75 Å². The molecule has 0 amide bonds. The predicted octanol–water partition coefficient (Wildman–Crippen LogP) is 4.61. The van der Waals surface area contributed by atoms with Gasteiger partial charge in [-0.25, -0.2) is 8.78 Å². The number of ether oxygens (including phenoxy) is 2. The van der Waals surface area contributed by atoms with Crippen molar-refractivity contribution in [1.29, 1.82) is 0 Å². The van der Waals surface area contributed by atoms with Crippen LogP contribution in [0, 0.1) is 11.3 Å². The molecule has 184 valence electrons. The molecule has 0 bridgehead atoms. The molecule has 0 aromatic heterocycles. The topological polar surface area (TPSA) is 42.0 Å². The lowest BCUT2D eigenvalue weighted by molar-refractivity contribution is -0.157. The first-order valence-corrected chi connectivity index (χ1v) is 11.9. The van der Waals surface area contributed by atoms with Crippen molar-refractivity contribution in [3.63, 3.8) is 0 Å². The lowest BCUT2D eigenvalue weighted by atomic mass is 9.87. The van der Waals surface area contributed by atoms with Crippen LogP contribution in [0.3, 0.4) is 0 Å². The van der Waals surface area contributed by atoms with E-state index in [1.165, 1.54) is 0 Å². The molecule has 34 heavy (non-hydrogen) atoms. The first kappa shape index (κ1) is 24.6. The molecule has 2 aromatic rings. The average Bonchev–Trinajstić information content (AvgIpc) is 3.07. The molecular weight excluding hydrogens is 438 g/mol. The third-order valence-electron chi connectivity index (χ3n) is 7.01. The number of carbonyl (C=O) groups is 1. The van der Waals surface area contributed by atoms with Crippen LogP contribution in [-0.2, 0) is 22.7 Å². The molecule has 2 aliphatic heterocycles. The summed E-state index contributed by atoms with van der Waals surface area (Å²) in [5.41, 5.74) is 1.13. The Morgan fingerprint density at radius 2 is 1.79 bits per heavy atom. The van der Waals surface area contributed by atoms with E-state index < -0.39 is 17.3 Å². The minimum absolute atomic E-state index is 0.142. The van der Waals surface area contributed by atoms with Crippen LogP contribution in [0.4, 0.5) is 8.78 Å². The first-order valence-electron chi connectivity index (χ1n) is 11.9. The number of benzene rings is 2. The summed E-state index contributed by atoms with van der Waals surface area (Å²) in [7, 11) is 1.60. The smallest absolute Gasteiger partial charge is 0.313 e. The molecule has 2 atom stereocenters. The molecule has 0 unspecified atom stereocenters. The SMILES string of the molecule is COc1ccc(COC(=O)C(C)(C)CN2CC[C@H]3[C@@H](C2)C(F)(F)CN3Cc2ccccc2)cc1. The molecule has 0 spiro atoms. The summed E-state index contributed by atoms with van der Waals surface area (Å²) in [4.78, 5) is 16.8. The van der Waals surface area contributed by atoms with Gasteiger partial charge in [0.05, 0.1) is 25.0 Å². The number of halogens is 2. The molecule has 0 aliphatic carbocycles.